The van der Waals surface area contributed by atoms with Crippen LogP contribution in [0.25, 0.3) is 0 Å². The Hall–Kier alpha value is -1.35. The van der Waals surface area contributed by atoms with Crippen LogP contribution in [0.2, 0.25) is 0 Å². The predicted octanol–water partition coefficient (Wildman–Crippen LogP) is 3.31. The lowest BCUT2D eigenvalue weighted by atomic mass is 10.0. The summed E-state index contributed by atoms with van der Waals surface area (Å²) in [7, 11) is 0. The molecule has 0 fully saturated rings. The van der Waals surface area contributed by atoms with Gasteiger partial charge in [-0.3, -0.25) is 0 Å². The third kappa shape index (κ3) is 2.56. The van der Waals surface area contributed by atoms with Crippen LogP contribution in [-0.2, 0) is 0 Å². The molecule has 0 aromatic heterocycles. The molecule has 1 atom stereocenters. The molecule has 1 aromatic carbocycles. The molecule has 0 unspecified atom stereocenters. The van der Waals surface area contributed by atoms with Gasteiger partial charge in [0.05, 0.1) is 0 Å². The Balaban J connectivity index is 2.40. The number of nitrogens with zero attached hydrogens (tertiary/aromatic N) is 1. The molecule has 3 heteroatoms. The summed E-state index contributed by atoms with van der Waals surface area (Å²) in [6.45, 7) is 7.72. The number of hydrogen-bond donors (Lipinski definition) is 1. The van der Waals surface area contributed by atoms with Gasteiger partial charge < -0.3 is 10.6 Å². The smallest absolute Gasteiger partial charge is 0.126 e. The summed E-state index contributed by atoms with van der Waals surface area (Å²) >= 11 is 0. The molecular formula is C15H21FN2. The van der Waals surface area contributed by atoms with Crippen molar-refractivity contribution in [2.45, 2.75) is 33.2 Å². The first-order valence-corrected chi connectivity index (χ1v) is 6.45. The van der Waals surface area contributed by atoms with Crippen LogP contribution < -0.4 is 10.6 Å². The molecule has 0 saturated heterocycles. The lowest BCUT2D eigenvalue weighted by Gasteiger charge is -2.30. The molecule has 0 spiro atoms. The molecule has 98 valence electrons. The Morgan fingerprint density at radius 1 is 1.33 bits per heavy atom. The second kappa shape index (κ2) is 5.11. The Labute approximate surface area is 108 Å². The van der Waals surface area contributed by atoms with E-state index in [4.69, 9.17) is 5.73 Å². The number of anilines is 1. The Bertz CT molecular complexity index is 478. The van der Waals surface area contributed by atoms with Crippen molar-refractivity contribution in [1.29, 1.82) is 0 Å². The van der Waals surface area contributed by atoms with E-state index in [0.29, 0.717) is 5.56 Å². The van der Waals surface area contributed by atoms with E-state index in [9.17, 15) is 4.39 Å². The SMILES string of the molecule is CC1=CCN(c2cc(C)c(F)cc2[C@@H](C)N)CC1. The van der Waals surface area contributed by atoms with Crippen LogP contribution >= 0.6 is 0 Å². The summed E-state index contributed by atoms with van der Waals surface area (Å²) in [5, 5.41) is 0. The van der Waals surface area contributed by atoms with Gasteiger partial charge >= 0.3 is 0 Å². The number of nitrogens with two attached hydrogens (primary N) is 1. The summed E-state index contributed by atoms with van der Waals surface area (Å²) in [5.74, 6) is -0.171. The van der Waals surface area contributed by atoms with E-state index < -0.39 is 0 Å². The van der Waals surface area contributed by atoms with Crippen molar-refractivity contribution in [3.8, 4) is 0 Å². The molecule has 1 heterocycles. The monoisotopic (exact) mass is 248 g/mol. The van der Waals surface area contributed by atoms with E-state index >= 15 is 0 Å². The minimum absolute atomic E-state index is 0.151. The van der Waals surface area contributed by atoms with E-state index in [1.165, 1.54) is 5.57 Å². The summed E-state index contributed by atoms with van der Waals surface area (Å²) in [6.07, 6.45) is 3.29. The second-order valence-electron chi connectivity index (χ2n) is 5.20. The van der Waals surface area contributed by atoms with Crippen LogP contribution in [0.3, 0.4) is 0 Å². The number of halogens is 1. The highest BCUT2D eigenvalue weighted by Crippen LogP contribution is 2.30. The molecule has 0 amide bonds. The average molecular weight is 248 g/mol. The summed E-state index contributed by atoms with van der Waals surface area (Å²) < 4.78 is 13.7. The maximum absolute atomic E-state index is 13.7. The highest BCUT2D eigenvalue weighted by molar-refractivity contribution is 5.58. The van der Waals surface area contributed by atoms with Gasteiger partial charge in [-0.1, -0.05) is 11.6 Å². The maximum Gasteiger partial charge on any atom is 0.126 e. The molecule has 0 saturated carbocycles. The zero-order valence-corrected chi connectivity index (χ0v) is 11.3. The molecule has 1 aliphatic heterocycles. The highest BCUT2D eigenvalue weighted by Gasteiger charge is 2.17. The lowest BCUT2D eigenvalue weighted by molar-refractivity contribution is 0.612. The largest absolute Gasteiger partial charge is 0.367 e. The van der Waals surface area contributed by atoms with Gasteiger partial charge in [0, 0.05) is 24.8 Å². The zero-order valence-electron chi connectivity index (χ0n) is 11.3. The fourth-order valence-electron chi connectivity index (χ4n) is 2.31. The number of rotatable bonds is 2. The van der Waals surface area contributed by atoms with Crippen LogP contribution in [0.4, 0.5) is 10.1 Å². The number of benzene rings is 1. The molecule has 2 N–H and O–H groups in total. The predicted molar refractivity (Wildman–Crippen MR) is 74.3 cm³/mol. The fraction of sp³-hybridized carbons (Fsp3) is 0.467. The van der Waals surface area contributed by atoms with Crippen molar-refractivity contribution in [1.82, 2.24) is 0 Å². The maximum atomic E-state index is 13.7. The van der Waals surface area contributed by atoms with Crippen LogP contribution in [0.15, 0.2) is 23.8 Å². The Morgan fingerprint density at radius 2 is 2.06 bits per heavy atom. The van der Waals surface area contributed by atoms with Crippen molar-refractivity contribution < 1.29 is 4.39 Å². The molecule has 1 aromatic rings. The third-order valence-electron chi connectivity index (χ3n) is 3.58. The first-order valence-electron chi connectivity index (χ1n) is 6.45. The lowest BCUT2D eigenvalue weighted by Crippen LogP contribution is -2.30. The molecule has 0 aliphatic carbocycles. The topological polar surface area (TPSA) is 29.3 Å². The Morgan fingerprint density at radius 3 is 2.61 bits per heavy atom. The van der Waals surface area contributed by atoms with Gasteiger partial charge in [-0.05, 0) is 50.5 Å². The molecule has 2 nitrogen and oxygen atoms in total. The van der Waals surface area contributed by atoms with Crippen LogP contribution in [0.5, 0.6) is 0 Å². The molecule has 18 heavy (non-hydrogen) atoms. The van der Waals surface area contributed by atoms with Crippen LogP contribution in [-0.4, -0.2) is 13.1 Å². The van der Waals surface area contributed by atoms with E-state index in [0.717, 1.165) is 30.8 Å². The van der Waals surface area contributed by atoms with Gasteiger partial charge in [-0.2, -0.15) is 0 Å². The third-order valence-corrected chi connectivity index (χ3v) is 3.58. The summed E-state index contributed by atoms with van der Waals surface area (Å²) in [5.41, 5.74) is 10.0. The van der Waals surface area contributed by atoms with E-state index in [-0.39, 0.29) is 11.9 Å². The quantitative estimate of drug-likeness (QED) is 0.814. The standard InChI is InChI=1S/C15H21FN2/c1-10-4-6-18(7-5-10)15-8-11(2)14(16)9-13(15)12(3)17/h4,8-9,12H,5-7,17H2,1-3H3/t12-/m1/s1. The van der Waals surface area contributed by atoms with Crippen LogP contribution in [0.1, 0.15) is 37.4 Å². The van der Waals surface area contributed by atoms with Gasteiger partial charge in [0.25, 0.3) is 0 Å². The highest BCUT2D eigenvalue weighted by atomic mass is 19.1. The average Bonchev–Trinajstić information content (AvgIpc) is 2.33. The molecule has 0 bridgehead atoms. The van der Waals surface area contributed by atoms with Crippen molar-refractivity contribution in [3.05, 3.63) is 40.7 Å². The Kier molecular flexibility index (Phi) is 3.71. The second-order valence-corrected chi connectivity index (χ2v) is 5.20. The first-order chi connectivity index (χ1) is 8.49. The van der Waals surface area contributed by atoms with Gasteiger partial charge in [0.1, 0.15) is 5.82 Å². The minimum atomic E-state index is -0.171. The minimum Gasteiger partial charge on any atom is -0.367 e. The van der Waals surface area contributed by atoms with Gasteiger partial charge in [0.15, 0.2) is 0 Å². The summed E-state index contributed by atoms with van der Waals surface area (Å²) in [6, 6.07) is 3.35. The molecule has 0 radical (unpaired) electrons. The van der Waals surface area contributed by atoms with Crippen molar-refractivity contribution in [3.63, 3.8) is 0 Å². The van der Waals surface area contributed by atoms with Gasteiger partial charge in [-0.15, -0.1) is 0 Å². The van der Waals surface area contributed by atoms with E-state index in [2.05, 4.69) is 17.9 Å². The van der Waals surface area contributed by atoms with Crippen molar-refractivity contribution in [2.24, 2.45) is 5.73 Å². The number of hydrogen-bond acceptors (Lipinski definition) is 2. The van der Waals surface area contributed by atoms with Crippen molar-refractivity contribution >= 4 is 5.69 Å². The van der Waals surface area contributed by atoms with Crippen LogP contribution in [0, 0.1) is 12.7 Å². The van der Waals surface area contributed by atoms with E-state index in [1.54, 1.807) is 13.0 Å². The fourth-order valence-corrected chi connectivity index (χ4v) is 2.31. The van der Waals surface area contributed by atoms with E-state index in [1.807, 2.05) is 13.0 Å². The van der Waals surface area contributed by atoms with Gasteiger partial charge in [0.2, 0.25) is 0 Å². The van der Waals surface area contributed by atoms with Gasteiger partial charge in [-0.25, -0.2) is 4.39 Å². The van der Waals surface area contributed by atoms with Crippen molar-refractivity contribution in [2.75, 3.05) is 18.0 Å². The zero-order chi connectivity index (χ0) is 13.3. The molecular weight excluding hydrogens is 227 g/mol. The first kappa shape index (κ1) is 13.1. The molecule has 1 aliphatic rings. The molecule has 2 rings (SSSR count). The number of aryl methyl sites for hydroxylation is 1. The summed E-state index contributed by atoms with van der Waals surface area (Å²) in [4.78, 5) is 2.28. The normalized spacial score (nSPS) is 17.6.